The molecule has 0 atom stereocenters. The zero-order valence-corrected chi connectivity index (χ0v) is 8.65. The summed E-state index contributed by atoms with van der Waals surface area (Å²) >= 11 is 0. The lowest BCUT2D eigenvalue weighted by Gasteiger charge is -2.06. The molecule has 0 unspecified atom stereocenters. The third-order valence-electron chi connectivity index (χ3n) is 2.26. The summed E-state index contributed by atoms with van der Waals surface area (Å²) in [6.45, 7) is 3.94. The van der Waals surface area contributed by atoms with Crippen molar-refractivity contribution < 1.29 is 0 Å². The normalized spacial score (nSPS) is 10.5. The third-order valence-corrected chi connectivity index (χ3v) is 2.26. The smallest absolute Gasteiger partial charge is 0.108 e. The highest BCUT2D eigenvalue weighted by molar-refractivity contribution is 5.57. The number of hydrogen-bond acceptors (Lipinski definition) is 2. The topological polar surface area (TPSA) is 30.7 Å². The quantitative estimate of drug-likeness (QED) is 0.684. The Morgan fingerprint density at radius 3 is 2.71 bits per heavy atom. The molecule has 3 heteroatoms. The maximum atomic E-state index is 4.49. The second kappa shape index (κ2) is 3.25. The van der Waals surface area contributed by atoms with Crippen LogP contribution in [0.4, 0.5) is 0 Å². The second-order valence-electron chi connectivity index (χ2n) is 3.45. The first-order valence-electron chi connectivity index (χ1n) is 4.60. The summed E-state index contributed by atoms with van der Waals surface area (Å²) in [4.78, 5) is 8.79. The molecule has 0 aliphatic carbocycles. The van der Waals surface area contributed by atoms with Gasteiger partial charge in [0, 0.05) is 19.4 Å². The molecule has 72 valence electrons. The molecule has 0 saturated carbocycles. The van der Waals surface area contributed by atoms with Gasteiger partial charge < -0.3 is 4.57 Å². The molecular weight excluding hydrogens is 174 g/mol. The molecule has 0 amide bonds. The van der Waals surface area contributed by atoms with E-state index in [9.17, 15) is 0 Å². The van der Waals surface area contributed by atoms with Crippen molar-refractivity contribution in [2.24, 2.45) is 7.05 Å². The minimum atomic E-state index is 0.951. The molecular formula is C11H13N3. The van der Waals surface area contributed by atoms with Crippen molar-refractivity contribution in [2.75, 3.05) is 0 Å². The fourth-order valence-corrected chi connectivity index (χ4v) is 1.49. The van der Waals surface area contributed by atoms with Crippen molar-refractivity contribution in [1.29, 1.82) is 0 Å². The average Bonchev–Trinajstić information content (AvgIpc) is 2.56. The number of hydrogen-bond donors (Lipinski definition) is 0. The number of aryl methyl sites for hydroxylation is 3. The molecule has 2 rings (SSSR count). The van der Waals surface area contributed by atoms with Gasteiger partial charge in [-0.3, -0.25) is 4.98 Å². The van der Waals surface area contributed by atoms with E-state index in [1.165, 1.54) is 0 Å². The van der Waals surface area contributed by atoms with E-state index in [4.69, 9.17) is 0 Å². The van der Waals surface area contributed by atoms with Gasteiger partial charge in [0.25, 0.3) is 0 Å². The summed E-state index contributed by atoms with van der Waals surface area (Å²) in [6, 6.07) is 4.06. The maximum absolute atomic E-state index is 4.49. The zero-order chi connectivity index (χ0) is 10.1. The van der Waals surface area contributed by atoms with Crippen molar-refractivity contribution in [3.63, 3.8) is 0 Å². The van der Waals surface area contributed by atoms with Crippen LogP contribution in [0.25, 0.3) is 11.4 Å². The summed E-state index contributed by atoms with van der Waals surface area (Å²) in [5.74, 6) is 0. The predicted octanol–water partition coefficient (Wildman–Crippen LogP) is 2.10. The van der Waals surface area contributed by atoms with E-state index < -0.39 is 0 Å². The van der Waals surface area contributed by atoms with Crippen LogP contribution >= 0.6 is 0 Å². The third kappa shape index (κ3) is 1.41. The van der Waals surface area contributed by atoms with Crippen molar-refractivity contribution >= 4 is 0 Å². The van der Waals surface area contributed by atoms with E-state index in [0.29, 0.717) is 0 Å². The molecule has 0 radical (unpaired) electrons. The molecule has 2 aromatic rings. The van der Waals surface area contributed by atoms with Crippen molar-refractivity contribution in [2.45, 2.75) is 13.8 Å². The Labute approximate surface area is 83.4 Å². The minimum Gasteiger partial charge on any atom is -0.349 e. The molecule has 0 N–H and O–H groups in total. The van der Waals surface area contributed by atoms with E-state index in [1.807, 2.05) is 33.2 Å². The molecule has 0 spiro atoms. The van der Waals surface area contributed by atoms with Gasteiger partial charge in [-0.2, -0.15) is 0 Å². The lowest BCUT2D eigenvalue weighted by Crippen LogP contribution is -1.98. The molecule has 0 saturated heterocycles. The monoisotopic (exact) mass is 187 g/mol. The molecule has 0 bridgehead atoms. The van der Waals surface area contributed by atoms with E-state index in [1.54, 1.807) is 6.20 Å². The fraction of sp³-hybridized carbons (Fsp3) is 0.273. The summed E-state index contributed by atoms with van der Waals surface area (Å²) in [5, 5.41) is 0. The maximum Gasteiger partial charge on any atom is 0.108 e. The molecule has 0 fully saturated rings. The van der Waals surface area contributed by atoms with Crippen LogP contribution < -0.4 is 0 Å². The van der Waals surface area contributed by atoms with Gasteiger partial charge in [0.2, 0.25) is 0 Å². The van der Waals surface area contributed by atoms with Gasteiger partial charge in [-0.15, -0.1) is 0 Å². The molecule has 2 aromatic heterocycles. The number of rotatable bonds is 1. The van der Waals surface area contributed by atoms with Crippen LogP contribution in [-0.4, -0.2) is 14.5 Å². The first-order valence-corrected chi connectivity index (χ1v) is 4.60. The van der Waals surface area contributed by atoms with Crippen LogP contribution in [0.1, 0.15) is 11.4 Å². The predicted molar refractivity (Wildman–Crippen MR) is 55.9 cm³/mol. The summed E-state index contributed by atoms with van der Waals surface area (Å²) in [7, 11) is 2.01. The first kappa shape index (κ1) is 8.94. The Hall–Kier alpha value is -1.64. The Balaban J connectivity index is 2.62. The fourth-order valence-electron chi connectivity index (χ4n) is 1.49. The van der Waals surface area contributed by atoms with Crippen molar-refractivity contribution in [3.8, 4) is 11.4 Å². The van der Waals surface area contributed by atoms with Gasteiger partial charge in [0.05, 0.1) is 17.1 Å². The summed E-state index contributed by atoms with van der Waals surface area (Å²) in [6.07, 6.45) is 3.81. The second-order valence-corrected chi connectivity index (χ2v) is 3.45. The Kier molecular flexibility index (Phi) is 2.08. The SMILES string of the molecule is Cc1cnc(C)c(-c2cccn2C)n1. The molecule has 0 aliphatic rings. The standard InChI is InChI=1S/C11H13N3/c1-8-7-12-9(2)11(13-8)10-5-4-6-14(10)3/h4-7H,1-3H3. The number of nitrogens with zero attached hydrogens (tertiary/aromatic N) is 3. The molecule has 0 aromatic carbocycles. The van der Waals surface area contributed by atoms with Crippen LogP contribution in [0, 0.1) is 13.8 Å². The Morgan fingerprint density at radius 1 is 1.29 bits per heavy atom. The van der Waals surface area contributed by atoms with Crippen LogP contribution in [0.15, 0.2) is 24.5 Å². The Bertz CT molecular complexity index is 457. The molecule has 0 aliphatic heterocycles. The minimum absolute atomic E-state index is 0.951. The van der Waals surface area contributed by atoms with Crippen LogP contribution in [-0.2, 0) is 7.05 Å². The highest BCUT2D eigenvalue weighted by atomic mass is 15.0. The van der Waals surface area contributed by atoms with E-state index in [2.05, 4.69) is 20.6 Å². The average molecular weight is 187 g/mol. The van der Waals surface area contributed by atoms with Gasteiger partial charge in [-0.05, 0) is 26.0 Å². The summed E-state index contributed by atoms with van der Waals surface area (Å²) < 4.78 is 2.05. The molecule has 14 heavy (non-hydrogen) atoms. The van der Waals surface area contributed by atoms with E-state index in [0.717, 1.165) is 22.8 Å². The van der Waals surface area contributed by atoms with Crippen LogP contribution in [0.2, 0.25) is 0 Å². The van der Waals surface area contributed by atoms with Crippen LogP contribution in [0.3, 0.4) is 0 Å². The van der Waals surface area contributed by atoms with Gasteiger partial charge in [-0.1, -0.05) is 0 Å². The Morgan fingerprint density at radius 2 is 2.07 bits per heavy atom. The van der Waals surface area contributed by atoms with Crippen molar-refractivity contribution in [3.05, 3.63) is 35.9 Å². The highest BCUT2D eigenvalue weighted by Crippen LogP contribution is 2.19. The van der Waals surface area contributed by atoms with Gasteiger partial charge in [0.1, 0.15) is 5.69 Å². The number of aromatic nitrogens is 3. The van der Waals surface area contributed by atoms with E-state index >= 15 is 0 Å². The largest absolute Gasteiger partial charge is 0.349 e. The lowest BCUT2D eigenvalue weighted by atomic mass is 10.2. The lowest BCUT2D eigenvalue weighted by molar-refractivity contribution is 0.920. The van der Waals surface area contributed by atoms with Gasteiger partial charge in [0.15, 0.2) is 0 Å². The van der Waals surface area contributed by atoms with Crippen LogP contribution in [0.5, 0.6) is 0 Å². The van der Waals surface area contributed by atoms with E-state index in [-0.39, 0.29) is 0 Å². The molecule has 2 heterocycles. The highest BCUT2D eigenvalue weighted by Gasteiger charge is 2.07. The molecule has 3 nitrogen and oxygen atoms in total. The first-order chi connectivity index (χ1) is 6.68. The zero-order valence-electron chi connectivity index (χ0n) is 8.65. The van der Waals surface area contributed by atoms with Gasteiger partial charge in [-0.25, -0.2) is 4.98 Å². The summed E-state index contributed by atoms with van der Waals surface area (Å²) in [5.41, 5.74) is 4.00. The van der Waals surface area contributed by atoms with Crippen molar-refractivity contribution in [1.82, 2.24) is 14.5 Å². The van der Waals surface area contributed by atoms with Gasteiger partial charge >= 0.3 is 0 Å².